The van der Waals surface area contributed by atoms with Gasteiger partial charge in [0.05, 0.1) is 0 Å². The number of halogens is 3. The van der Waals surface area contributed by atoms with E-state index in [-0.39, 0.29) is 17.1 Å². The van der Waals surface area contributed by atoms with Crippen LogP contribution in [0.4, 0.5) is 0 Å². The predicted octanol–water partition coefficient (Wildman–Crippen LogP) is 1.98. The Kier molecular flexibility index (Phi) is 10.4. The molecule has 0 nitrogen and oxygen atoms in total. The molecule has 0 rings (SSSR count). The van der Waals surface area contributed by atoms with Crippen LogP contribution in [0.25, 0.3) is 0 Å². The Morgan fingerprint density at radius 3 is 1.00 bits per heavy atom. The van der Waals surface area contributed by atoms with Crippen molar-refractivity contribution in [3.05, 3.63) is 0 Å². The van der Waals surface area contributed by atoms with Crippen LogP contribution < -0.4 is 0 Å². The normalized spacial score (nSPS) is 7.20. The maximum Gasteiger partial charge on any atom is 0.180 e. The minimum Gasteiger partial charge on any atom is -0.0874 e. The molecule has 0 aromatic rings. The van der Waals surface area contributed by atoms with E-state index < -0.39 is 4.30 Å². The third kappa shape index (κ3) is 32.1. The second kappa shape index (κ2) is 5.39. The summed E-state index contributed by atoms with van der Waals surface area (Å²) < 4.78 is -0.750. The molecular weight excluding hydrogens is 174 g/mol. The Labute approximate surface area is 56.2 Å². The van der Waals surface area contributed by atoms with Gasteiger partial charge in [-0.15, -0.1) is 0 Å². The average molecular weight is 175 g/mol. The summed E-state index contributed by atoms with van der Waals surface area (Å²) in [6, 6.07) is 0. The van der Waals surface area contributed by atoms with E-state index in [0.29, 0.717) is 0 Å². The van der Waals surface area contributed by atoms with Crippen LogP contribution in [-0.4, -0.2) is 4.30 Å². The number of hydrogen-bond donors (Lipinski definition) is 0. The predicted molar refractivity (Wildman–Crippen MR) is 21.3 cm³/mol. The van der Waals surface area contributed by atoms with E-state index in [1.807, 2.05) is 0 Å². The molecule has 0 aromatic heterocycles. The Bertz CT molecular complexity index is 11.6. The Morgan fingerprint density at radius 1 is 1.00 bits per heavy atom. The first-order valence-corrected chi connectivity index (χ1v) is 1.96. The van der Waals surface area contributed by atoms with Crippen molar-refractivity contribution in [1.82, 2.24) is 0 Å². The Hall–Kier alpha value is 1.39. The zero-order valence-corrected chi connectivity index (χ0v) is 5.44. The van der Waals surface area contributed by atoms with Crippen LogP contribution >= 0.6 is 34.8 Å². The molecule has 0 fully saturated rings. The largest absolute Gasteiger partial charge is 0.180 e. The van der Waals surface area contributed by atoms with E-state index in [0.717, 1.165) is 0 Å². The van der Waals surface area contributed by atoms with Crippen molar-refractivity contribution in [2.75, 3.05) is 0 Å². The van der Waals surface area contributed by atoms with Crippen LogP contribution in [0.1, 0.15) is 0 Å². The molecule has 0 atom stereocenters. The second-order valence-corrected chi connectivity index (χ2v) is 2.23. The van der Waals surface area contributed by atoms with E-state index in [4.69, 9.17) is 34.8 Å². The van der Waals surface area contributed by atoms with Gasteiger partial charge < -0.3 is 0 Å². The van der Waals surface area contributed by atoms with E-state index >= 15 is 0 Å². The van der Waals surface area contributed by atoms with Crippen LogP contribution in [0.2, 0.25) is 0 Å². The molecule has 0 aliphatic carbocycles. The molecular formula is CHCl3Fe. The van der Waals surface area contributed by atoms with Gasteiger partial charge in [-0.3, -0.25) is 0 Å². The standard InChI is InChI=1S/CHCl3.Fe/c2-1(3)4;/h1H;. The minimum atomic E-state index is -0.750. The van der Waals surface area contributed by atoms with Crippen molar-refractivity contribution in [3.8, 4) is 0 Å². The van der Waals surface area contributed by atoms with Gasteiger partial charge in [-0.2, -0.15) is 0 Å². The smallest absolute Gasteiger partial charge is 0.0874 e. The molecule has 34 valence electrons. The zero-order valence-electron chi connectivity index (χ0n) is 2.06. The Balaban J connectivity index is 0. The molecule has 0 amide bonds. The summed E-state index contributed by atoms with van der Waals surface area (Å²) >= 11 is 14.4. The molecule has 0 saturated heterocycles. The summed E-state index contributed by atoms with van der Waals surface area (Å²) in [5.74, 6) is 0. The molecule has 0 aliphatic heterocycles. The molecule has 0 spiro atoms. The van der Waals surface area contributed by atoms with Crippen molar-refractivity contribution in [2.24, 2.45) is 0 Å². The summed E-state index contributed by atoms with van der Waals surface area (Å²) in [4.78, 5) is 0. The number of rotatable bonds is 0. The van der Waals surface area contributed by atoms with Crippen molar-refractivity contribution >= 4 is 34.8 Å². The molecule has 0 N–H and O–H groups in total. The van der Waals surface area contributed by atoms with Crippen LogP contribution in [0.3, 0.4) is 0 Å². The van der Waals surface area contributed by atoms with E-state index in [1.165, 1.54) is 0 Å². The van der Waals surface area contributed by atoms with Gasteiger partial charge in [-0.1, -0.05) is 34.8 Å². The van der Waals surface area contributed by atoms with Gasteiger partial charge in [0.25, 0.3) is 0 Å². The van der Waals surface area contributed by atoms with Gasteiger partial charge in [0.15, 0.2) is 4.30 Å². The molecule has 4 heteroatoms. The van der Waals surface area contributed by atoms with Gasteiger partial charge in [-0.25, -0.2) is 0 Å². The van der Waals surface area contributed by atoms with Gasteiger partial charge in [0.2, 0.25) is 0 Å². The third-order valence-corrected chi connectivity index (χ3v) is 0. The van der Waals surface area contributed by atoms with Gasteiger partial charge in [-0.05, 0) is 0 Å². The van der Waals surface area contributed by atoms with E-state index in [9.17, 15) is 0 Å². The van der Waals surface area contributed by atoms with Gasteiger partial charge in [0.1, 0.15) is 0 Å². The first kappa shape index (κ1) is 9.63. The molecule has 0 unspecified atom stereocenters. The van der Waals surface area contributed by atoms with Crippen molar-refractivity contribution in [2.45, 2.75) is 4.30 Å². The summed E-state index contributed by atoms with van der Waals surface area (Å²) in [5.41, 5.74) is 0. The fourth-order valence-corrected chi connectivity index (χ4v) is 0. The van der Waals surface area contributed by atoms with Crippen molar-refractivity contribution in [1.29, 1.82) is 0 Å². The first-order valence-electron chi connectivity index (χ1n) is 0.655. The molecule has 0 aromatic carbocycles. The zero-order chi connectivity index (χ0) is 3.58. The van der Waals surface area contributed by atoms with Crippen LogP contribution in [-0.2, 0) is 17.1 Å². The monoisotopic (exact) mass is 174 g/mol. The van der Waals surface area contributed by atoms with E-state index in [2.05, 4.69) is 0 Å². The Morgan fingerprint density at radius 2 is 1.00 bits per heavy atom. The van der Waals surface area contributed by atoms with Crippen LogP contribution in [0.15, 0.2) is 0 Å². The SMILES string of the molecule is ClC(Cl)Cl.[Fe]. The maximum atomic E-state index is 4.81. The topological polar surface area (TPSA) is 0 Å². The summed E-state index contributed by atoms with van der Waals surface area (Å²) in [5, 5.41) is 0. The average Bonchev–Trinajstić information content (AvgIpc) is 0.811. The van der Waals surface area contributed by atoms with Crippen molar-refractivity contribution in [3.63, 3.8) is 0 Å². The number of alkyl halides is 3. The molecule has 0 aliphatic rings. The molecule has 0 heterocycles. The third-order valence-electron chi connectivity index (χ3n) is 0. The maximum absolute atomic E-state index is 4.81. The van der Waals surface area contributed by atoms with Crippen molar-refractivity contribution < 1.29 is 17.1 Å². The fourth-order valence-electron chi connectivity index (χ4n) is 0. The summed E-state index contributed by atoms with van der Waals surface area (Å²) in [7, 11) is 0. The second-order valence-electron chi connectivity index (χ2n) is 0.247. The molecule has 0 bridgehead atoms. The first-order chi connectivity index (χ1) is 1.73. The van der Waals surface area contributed by atoms with Gasteiger partial charge in [0, 0.05) is 17.1 Å². The van der Waals surface area contributed by atoms with Gasteiger partial charge >= 0.3 is 0 Å². The molecule has 0 radical (unpaired) electrons. The van der Waals surface area contributed by atoms with E-state index in [1.54, 1.807) is 0 Å². The molecule has 5 heavy (non-hydrogen) atoms. The summed E-state index contributed by atoms with van der Waals surface area (Å²) in [6.07, 6.45) is 0. The van der Waals surface area contributed by atoms with Crippen LogP contribution in [0.5, 0.6) is 0 Å². The quantitative estimate of drug-likeness (QED) is 0.390. The number of hydrogen-bond acceptors (Lipinski definition) is 0. The fraction of sp³-hybridized carbons (Fsp3) is 1.00. The summed E-state index contributed by atoms with van der Waals surface area (Å²) in [6.45, 7) is 0. The van der Waals surface area contributed by atoms with Crippen LogP contribution in [0, 0.1) is 0 Å². The minimum absolute atomic E-state index is 0. The molecule has 0 saturated carbocycles.